The molecule has 0 aliphatic carbocycles. The Labute approximate surface area is 144 Å². The highest BCUT2D eigenvalue weighted by Crippen LogP contribution is 2.50. The lowest BCUT2D eigenvalue weighted by Gasteiger charge is -2.19. The SMILES string of the molecule is CC(C)CCCOP(=O)(OCCCC(C)C)OCCCC(C)C. The first-order valence-electron chi connectivity index (χ1n) is 9.29. The van der Waals surface area contributed by atoms with E-state index in [0.717, 1.165) is 38.5 Å². The molecule has 0 saturated carbocycles. The molecule has 0 bridgehead atoms. The van der Waals surface area contributed by atoms with Crippen molar-refractivity contribution in [2.45, 2.75) is 80.1 Å². The molecule has 0 N–H and O–H groups in total. The van der Waals surface area contributed by atoms with Crippen molar-refractivity contribution in [1.29, 1.82) is 0 Å². The van der Waals surface area contributed by atoms with E-state index in [1.165, 1.54) is 0 Å². The molecule has 0 aliphatic rings. The second-order valence-electron chi connectivity index (χ2n) is 7.56. The standard InChI is InChI=1S/C18H39O4P/c1-16(2)10-7-13-20-23(19,21-14-8-11-17(3)4)22-15-9-12-18(5)6/h16-18H,7-15H2,1-6H3. The molecule has 5 heteroatoms. The third-order valence-corrected chi connectivity index (χ3v) is 5.02. The Morgan fingerprint density at radius 2 is 0.870 bits per heavy atom. The molecule has 0 aliphatic heterocycles. The van der Waals surface area contributed by atoms with Gasteiger partial charge in [0.15, 0.2) is 0 Å². The molecule has 0 heterocycles. The number of rotatable bonds is 15. The van der Waals surface area contributed by atoms with Crippen molar-refractivity contribution in [3.8, 4) is 0 Å². The minimum Gasteiger partial charge on any atom is -0.287 e. The maximum atomic E-state index is 12.7. The van der Waals surface area contributed by atoms with Gasteiger partial charge in [-0.15, -0.1) is 0 Å². The van der Waals surface area contributed by atoms with Crippen LogP contribution in [0.3, 0.4) is 0 Å². The Bertz CT molecular complexity index is 269. The molecule has 0 aromatic rings. The van der Waals surface area contributed by atoms with Gasteiger partial charge >= 0.3 is 7.82 Å². The monoisotopic (exact) mass is 350 g/mol. The zero-order valence-corrected chi connectivity index (χ0v) is 17.1. The molecule has 140 valence electrons. The van der Waals surface area contributed by atoms with E-state index in [9.17, 15) is 4.57 Å². The smallest absolute Gasteiger partial charge is 0.287 e. The third kappa shape index (κ3) is 15.4. The lowest BCUT2D eigenvalue weighted by atomic mass is 10.1. The fraction of sp³-hybridized carbons (Fsp3) is 1.00. The van der Waals surface area contributed by atoms with Crippen LogP contribution < -0.4 is 0 Å². The summed E-state index contributed by atoms with van der Waals surface area (Å²) in [6.45, 7) is 14.3. The Balaban J connectivity index is 4.19. The van der Waals surface area contributed by atoms with E-state index < -0.39 is 7.82 Å². The van der Waals surface area contributed by atoms with E-state index in [-0.39, 0.29) is 0 Å². The topological polar surface area (TPSA) is 44.8 Å². The van der Waals surface area contributed by atoms with Crippen LogP contribution in [0.1, 0.15) is 80.1 Å². The van der Waals surface area contributed by atoms with E-state index in [1.807, 2.05) is 0 Å². The van der Waals surface area contributed by atoms with Crippen LogP contribution in [0.15, 0.2) is 0 Å². The van der Waals surface area contributed by atoms with E-state index in [1.54, 1.807) is 0 Å². The summed E-state index contributed by atoms with van der Waals surface area (Å²) >= 11 is 0. The van der Waals surface area contributed by atoms with Crippen molar-refractivity contribution in [3.63, 3.8) is 0 Å². The van der Waals surface area contributed by atoms with Gasteiger partial charge in [-0.25, -0.2) is 4.57 Å². The predicted octanol–water partition coefficient (Wildman–Crippen LogP) is 6.45. The maximum Gasteiger partial charge on any atom is 0.474 e. The second-order valence-corrected chi connectivity index (χ2v) is 9.22. The van der Waals surface area contributed by atoms with Crippen molar-refractivity contribution >= 4 is 7.82 Å². The summed E-state index contributed by atoms with van der Waals surface area (Å²) in [4.78, 5) is 0. The fourth-order valence-electron chi connectivity index (χ4n) is 2.12. The van der Waals surface area contributed by atoms with Gasteiger partial charge in [0.25, 0.3) is 0 Å². The molecule has 0 unspecified atom stereocenters. The van der Waals surface area contributed by atoms with Gasteiger partial charge in [0.1, 0.15) is 0 Å². The summed E-state index contributed by atoms with van der Waals surface area (Å²) < 4.78 is 29.2. The molecule has 0 radical (unpaired) electrons. The first kappa shape index (κ1) is 23.1. The van der Waals surface area contributed by atoms with Crippen LogP contribution in [0.25, 0.3) is 0 Å². The normalized spacial score (nSPS) is 12.7. The molecule has 4 nitrogen and oxygen atoms in total. The Kier molecular flexibility index (Phi) is 13.5. The zero-order chi connectivity index (χ0) is 17.7. The van der Waals surface area contributed by atoms with Crippen LogP contribution in [-0.2, 0) is 18.1 Å². The summed E-state index contributed by atoms with van der Waals surface area (Å²) in [5.41, 5.74) is 0. The molecule has 0 spiro atoms. The molecule has 0 atom stereocenters. The van der Waals surface area contributed by atoms with Crippen molar-refractivity contribution in [2.75, 3.05) is 19.8 Å². The molecule has 0 aromatic carbocycles. The Hall–Kier alpha value is 0.110. The van der Waals surface area contributed by atoms with Gasteiger partial charge in [-0.2, -0.15) is 0 Å². The maximum absolute atomic E-state index is 12.7. The van der Waals surface area contributed by atoms with E-state index >= 15 is 0 Å². The van der Waals surface area contributed by atoms with Gasteiger partial charge in [-0.05, 0) is 56.3 Å². The number of hydrogen-bond donors (Lipinski definition) is 0. The average Bonchev–Trinajstić information content (AvgIpc) is 2.44. The first-order chi connectivity index (χ1) is 10.7. The van der Waals surface area contributed by atoms with E-state index in [2.05, 4.69) is 41.5 Å². The summed E-state index contributed by atoms with van der Waals surface area (Å²) in [6, 6.07) is 0. The zero-order valence-electron chi connectivity index (χ0n) is 16.2. The molecule has 0 amide bonds. The predicted molar refractivity (Wildman–Crippen MR) is 97.7 cm³/mol. The minimum atomic E-state index is -3.40. The van der Waals surface area contributed by atoms with Crippen molar-refractivity contribution in [1.82, 2.24) is 0 Å². The summed E-state index contributed by atoms with van der Waals surface area (Å²) in [5.74, 6) is 1.87. The third-order valence-electron chi connectivity index (χ3n) is 3.53. The number of phosphoric acid groups is 1. The van der Waals surface area contributed by atoms with Crippen LogP contribution >= 0.6 is 7.82 Å². The summed E-state index contributed by atoms with van der Waals surface area (Å²) in [7, 11) is -3.40. The first-order valence-corrected chi connectivity index (χ1v) is 10.7. The lowest BCUT2D eigenvalue weighted by Crippen LogP contribution is -2.06. The highest BCUT2D eigenvalue weighted by molar-refractivity contribution is 7.48. The quantitative estimate of drug-likeness (QED) is 0.251. The van der Waals surface area contributed by atoms with Crippen LogP contribution in [0.5, 0.6) is 0 Å². The number of hydrogen-bond acceptors (Lipinski definition) is 4. The molecule has 0 saturated heterocycles. The fourth-order valence-corrected chi connectivity index (χ4v) is 3.40. The van der Waals surface area contributed by atoms with Crippen LogP contribution in [0, 0.1) is 17.8 Å². The van der Waals surface area contributed by atoms with Gasteiger partial charge in [0.2, 0.25) is 0 Å². The van der Waals surface area contributed by atoms with Crippen LogP contribution in [0.4, 0.5) is 0 Å². The largest absolute Gasteiger partial charge is 0.474 e. The average molecular weight is 350 g/mol. The second kappa shape index (κ2) is 13.4. The molecular weight excluding hydrogens is 311 g/mol. The van der Waals surface area contributed by atoms with Gasteiger partial charge in [0, 0.05) is 0 Å². The lowest BCUT2D eigenvalue weighted by molar-refractivity contribution is 0.106. The summed E-state index contributed by atoms with van der Waals surface area (Å²) in [6.07, 6.45) is 5.81. The van der Waals surface area contributed by atoms with E-state index in [4.69, 9.17) is 13.6 Å². The Morgan fingerprint density at radius 1 is 0.609 bits per heavy atom. The number of phosphoric ester groups is 1. The molecule has 0 aromatic heterocycles. The van der Waals surface area contributed by atoms with Gasteiger partial charge in [-0.1, -0.05) is 41.5 Å². The van der Waals surface area contributed by atoms with Crippen molar-refractivity contribution in [3.05, 3.63) is 0 Å². The van der Waals surface area contributed by atoms with Crippen molar-refractivity contribution in [2.24, 2.45) is 17.8 Å². The Morgan fingerprint density at radius 3 is 1.09 bits per heavy atom. The molecule has 23 heavy (non-hydrogen) atoms. The molecule has 0 fully saturated rings. The van der Waals surface area contributed by atoms with Gasteiger partial charge in [-0.3, -0.25) is 13.6 Å². The van der Waals surface area contributed by atoms with Crippen LogP contribution in [0.2, 0.25) is 0 Å². The van der Waals surface area contributed by atoms with Gasteiger partial charge < -0.3 is 0 Å². The summed E-state index contributed by atoms with van der Waals surface area (Å²) in [5, 5.41) is 0. The van der Waals surface area contributed by atoms with E-state index in [0.29, 0.717) is 37.6 Å². The molecule has 0 rings (SSSR count). The van der Waals surface area contributed by atoms with Crippen molar-refractivity contribution < 1.29 is 18.1 Å². The highest BCUT2D eigenvalue weighted by Gasteiger charge is 2.26. The molecular formula is C18H39O4P. The minimum absolute atomic E-state index is 0.434. The van der Waals surface area contributed by atoms with Gasteiger partial charge in [0.05, 0.1) is 19.8 Å². The highest BCUT2D eigenvalue weighted by atomic mass is 31.2. The van der Waals surface area contributed by atoms with Crippen LogP contribution in [-0.4, -0.2) is 19.8 Å².